The third-order valence-corrected chi connectivity index (χ3v) is 3.42. The zero-order valence-corrected chi connectivity index (χ0v) is 8.56. The molecule has 2 aromatic heterocycles. The third-order valence-electron chi connectivity index (χ3n) is 3.42. The highest BCUT2D eigenvalue weighted by Gasteiger charge is 2.40. The smallest absolute Gasteiger partial charge is 0.159 e. The largest absolute Gasteiger partial charge is 0.329 e. The second kappa shape index (κ2) is 3.03. The van der Waals surface area contributed by atoms with E-state index in [1.807, 2.05) is 28.9 Å². The van der Waals surface area contributed by atoms with Gasteiger partial charge in [-0.2, -0.15) is 5.10 Å². The molecule has 0 atom stereocenters. The van der Waals surface area contributed by atoms with Crippen LogP contribution in [0.4, 0.5) is 0 Å². The summed E-state index contributed by atoms with van der Waals surface area (Å²) in [6.45, 7) is 0.657. The third kappa shape index (κ3) is 1.18. The van der Waals surface area contributed by atoms with Crippen LogP contribution in [0.15, 0.2) is 24.4 Å². The lowest BCUT2D eigenvalue weighted by atomic mass is 9.68. The fraction of sp³-hybridized carbons (Fsp3) is 0.455. The van der Waals surface area contributed by atoms with Crippen LogP contribution in [0.25, 0.3) is 5.65 Å². The minimum atomic E-state index is 0.0615. The van der Waals surface area contributed by atoms with Gasteiger partial charge in [0.15, 0.2) is 11.5 Å². The van der Waals surface area contributed by atoms with Gasteiger partial charge in [-0.25, -0.2) is 9.50 Å². The second-order valence-electron chi connectivity index (χ2n) is 4.28. The van der Waals surface area contributed by atoms with E-state index in [4.69, 9.17) is 5.73 Å². The summed E-state index contributed by atoms with van der Waals surface area (Å²) in [4.78, 5) is 4.55. The summed E-state index contributed by atoms with van der Waals surface area (Å²) in [6, 6.07) is 5.91. The van der Waals surface area contributed by atoms with E-state index in [0.29, 0.717) is 6.54 Å². The summed E-state index contributed by atoms with van der Waals surface area (Å²) in [6.07, 6.45) is 5.42. The maximum Gasteiger partial charge on any atom is 0.159 e. The fourth-order valence-corrected chi connectivity index (χ4v) is 2.18. The summed E-state index contributed by atoms with van der Waals surface area (Å²) in [5.74, 6) is 0.919. The highest BCUT2D eigenvalue weighted by atomic mass is 15.3. The van der Waals surface area contributed by atoms with Crippen molar-refractivity contribution in [3.63, 3.8) is 0 Å². The molecule has 0 bridgehead atoms. The van der Waals surface area contributed by atoms with E-state index in [1.165, 1.54) is 6.42 Å². The fourth-order valence-electron chi connectivity index (χ4n) is 2.18. The second-order valence-corrected chi connectivity index (χ2v) is 4.28. The molecule has 1 fully saturated rings. The lowest BCUT2D eigenvalue weighted by Crippen LogP contribution is -2.42. The highest BCUT2D eigenvalue weighted by Crippen LogP contribution is 2.41. The van der Waals surface area contributed by atoms with Gasteiger partial charge in [-0.05, 0) is 25.0 Å². The van der Waals surface area contributed by atoms with Crippen molar-refractivity contribution in [3.8, 4) is 0 Å². The van der Waals surface area contributed by atoms with E-state index in [2.05, 4.69) is 10.1 Å². The molecule has 1 saturated carbocycles. The highest BCUT2D eigenvalue weighted by molar-refractivity contribution is 5.38. The van der Waals surface area contributed by atoms with Crippen LogP contribution in [0, 0.1) is 0 Å². The zero-order valence-electron chi connectivity index (χ0n) is 8.56. The summed E-state index contributed by atoms with van der Waals surface area (Å²) in [5, 5.41) is 4.50. The minimum Gasteiger partial charge on any atom is -0.329 e. The van der Waals surface area contributed by atoms with E-state index >= 15 is 0 Å². The number of pyridine rings is 1. The van der Waals surface area contributed by atoms with E-state index < -0.39 is 0 Å². The Labute approximate surface area is 88.1 Å². The molecule has 15 heavy (non-hydrogen) atoms. The molecule has 0 unspecified atom stereocenters. The standard InChI is InChI=1S/C11H14N4/c12-8-11(5-3-6-11)10-13-9-4-1-2-7-15(9)14-10/h1-2,4,7H,3,5-6,8,12H2. The molecule has 3 rings (SSSR count). The Kier molecular flexibility index (Phi) is 1.79. The number of hydrogen-bond acceptors (Lipinski definition) is 3. The van der Waals surface area contributed by atoms with Crippen molar-refractivity contribution in [1.29, 1.82) is 0 Å². The zero-order chi connectivity index (χ0) is 10.3. The van der Waals surface area contributed by atoms with Crippen molar-refractivity contribution >= 4 is 5.65 Å². The Balaban J connectivity index is 2.11. The SMILES string of the molecule is NCC1(c2nc3ccccn3n2)CCC1. The van der Waals surface area contributed by atoms with Gasteiger partial charge >= 0.3 is 0 Å². The lowest BCUT2D eigenvalue weighted by molar-refractivity contribution is 0.238. The normalized spacial score (nSPS) is 19.0. The van der Waals surface area contributed by atoms with E-state index in [0.717, 1.165) is 24.3 Å². The van der Waals surface area contributed by atoms with Crippen LogP contribution in [-0.4, -0.2) is 21.1 Å². The number of nitrogens with zero attached hydrogens (tertiary/aromatic N) is 3. The number of nitrogens with two attached hydrogens (primary N) is 1. The Morgan fingerprint density at radius 3 is 2.87 bits per heavy atom. The molecule has 0 amide bonds. The van der Waals surface area contributed by atoms with Crippen LogP contribution < -0.4 is 5.73 Å². The predicted octanol–water partition coefficient (Wildman–Crippen LogP) is 1.11. The number of rotatable bonds is 2. The Hall–Kier alpha value is -1.42. The number of aromatic nitrogens is 3. The molecule has 0 aromatic carbocycles. The van der Waals surface area contributed by atoms with Gasteiger partial charge < -0.3 is 5.73 Å². The lowest BCUT2D eigenvalue weighted by Gasteiger charge is -2.38. The summed E-state index contributed by atoms with van der Waals surface area (Å²) >= 11 is 0. The van der Waals surface area contributed by atoms with Crippen LogP contribution in [0.2, 0.25) is 0 Å². The topological polar surface area (TPSA) is 56.2 Å². The summed E-state index contributed by atoms with van der Waals surface area (Å²) in [5.41, 5.74) is 6.80. The van der Waals surface area contributed by atoms with Gasteiger partial charge in [-0.15, -0.1) is 0 Å². The van der Waals surface area contributed by atoms with Crippen LogP contribution in [0.3, 0.4) is 0 Å². The first-order chi connectivity index (χ1) is 7.34. The predicted molar refractivity (Wildman–Crippen MR) is 57.6 cm³/mol. The minimum absolute atomic E-state index is 0.0615. The Bertz CT molecular complexity index is 446. The Morgan fingerprint density at radius 2 is 2.27 bits per heavy atom. The first-order valence-electron chi connectivity index (χ1n) is 5.36. The first kappa shape index (κ1) is 8.85. The van der Waals surface area contributed by atoms with E-state index in [-0.39, 0.29) is 5.41 Å². The van der Waals surface area contributed by atoms with Crippen LogP contribution in [0.1, 0.15) is 25.1 Å². The van der Waals surface area contributed by atoms with Gasteiger partial charge in [0.25, 0.3) is 0 Å². The van der Waals surface area contributed by atoms with E-state index in [1.54, 1.807) is 0 Å². The molecule has 4 heteroatoms. The van der Waals surface area contributed by atoms with Crippen LogP contribution >= 0.6 is 0 Å². The number of hydrogen-bond donors (Lipinski definition) is 1. The molecule has 4 nitrogen and oxygen atoms in total. The molecule has 0 radical (unpaired) electrons. The molecular weight excluding hydrogens is 188 g/mol. The Morgan fingerprint density at radius 1 is 1.40 bits per heavy atom. The van der Waals surface area contributed by atoms with Gasteiger partial charge in [-0.1, -0.05) is 12.5 Å². The molecule has 78 valence electrons. The molecule has 1 aliphatic rings. The van der Waals surface area contributed by atoms with Crippen molar-refractivity contribution in [1.82, 2.24) is 14.6 Å². The van der Waals surface area contributed by atoms with E-state index in [9.17, 15) is 0 Å². The van der Waals surface area contributed by atoms with Gasteiger partial charge in [0.2, 0.25) is 0 Å². The van der Waals surface area contributed by atoms with Gasteiger partial charge in [0.05, 0.1) is 0 Å². The number of fused-ring (bicyclic) bond motifs is 1. The van der Waals surface area contributed by atoms with Gasteiger partial charge in [-0.3, -0.25) is 0 Å². The van der Waals surface area contributed by atoms with Gasteiger partial charge in [0, 0.05) is 18.2 Å². The maximum atomic E-state index is 5.83. The van der Waals surface area contributed by atoms with Crippen molar-refractivity contribution in [2.75, 3.05) is 6.54 Å². The average Bonchev–Trinajstić information content (AvgIpc) is 2.60. The molecule has 0 spiro atoms. The van der Waals surface area contributed by atoms with Crippen molar-refractivity contribution in [2.24, 2.45) is 5.73 Å². The van der Waals surface area contributed by atoms with Crippen molar-refractivity contribution in [2.45, 2.75) is 24.7 Å². The molecule has 0 saturated heterocycles. The van der Waals surface area contributed by atoms with Gasteiger partial charge in [0.1, 0.15) is 0 Å². The first-order valence-corrected chi connectivity index (χ1v) is 5.36. The molecule has 1 aliphatic carbocycles. The molecule has 0 aliphatic heterocycles. The summed E-state index contributed by atoms with van der Waals surface area (Å²) < 4.78 is 1.82. The van der Waals surface area contributed by atoms with Crippen molar-refractivity contribution in [3.05, 3.63) is 30.2 Å². The summed E-state index contributed by atoms with van der Waals surface area (Å²) in [7, 11) is 0. The molecular formula is C11H14N4. The van der Waals surface area contributed by atoms with Crippen molar-refractivity contribution < 1.29 is 0 Å². The molecule has 2 heterocycles. The van der Waals surface area contributed by atoms with Crippen LogP contribution in [0.5, 0.6) is 0 Å². The average molecular weight is 202 g/mol. The quantitative estimate of drug-likeness (QED) is 0.793. The molecule has 2 aromatic rings. The van der Waals surface area contributed by atoms with Crippen LogP contribution in [-0.2, 0) is 5.41 Å². The maximum absolute atomic E-state index is 5.83. The monoisotopic (exact) mass is 202 g/mol. The molecule has 2 N–H and O–H groups in total.